The Morgan fingerprint density at radius 2 is 1.89 bits per heavy atom. The van der Waals surface area contributed by atoms with Gasteiger partial charge in [0.25, 0.3) is 5.91 Å². The number of aryl methyl sites for hydroxylation is 1. The summed E-state index contributed by atoms with van der Waals surface area (Å²) in [6.45, 7) is 5.39. The maximum Gasteiger partial charge on any atom is 0.265 e. The number of ether oxygens (including phenoxy) is 1. The third-order valence-corrected chi connectivity index (χ3v) is 8.49. The number of methoxy groups -OCH3 is 1. The Hall–Kier alpha value is -1.16. The highest BCUT2D eigenvalue weighted by Gasteiger charge is 2.27. The lowest BCUT2D eigenvalue weighted by Gasteiger charge is -2.33. The predicted molar refractivity (Wildman–Crippen MR) is 107 cm³/mol. The van der Waals surface area contributed by atoms with Crippen LogP contribution < -0.4 is 10.1 Å². The molecule has 0 saturated carbocycles. The molecule has 1 aliphatic carbocycles. The predicted octanol–water partition coefficient (Wildman–Crippen LogP) is 1.33. The van der Waals surface area contributed by atoms with Gasteiger partial charge in [-0.2, -0.15) is 4.31 Å². The van der Waals surface area contributed by atoms with Crippen molar-refractivity contribution in [3.05, 3.63) is 15.3 Å². The summed E-state index contributed by atoms with van der Waals surface area (Å²) in [5, 5.41) is 3.00. The maximum absolute atomic E-state index is 12.6. The lowest BCUT2D eigenvalue weighted by molar-refractivity contribution is 0.0946. The topological polar surface area (TPSA) is 79.0 Å². The molecule has 0 atom stereocenters. The summed E-state index contributed by atoms with van der Waals surface area (Å²) < 4.78 is 30.9. The molecule has 9 heteroatoms. The van der Waals surface area contributed by atoms with Crippen LogP contribution in [0.5, 0.6) is 5.75 Å². The molecule has 1 aromatic heterocycles. The summed E-state index contributed by atoms with van der Waals surface area (Å²) in [6.07, 6.45) is 4.36. The van der Waals surface area contributed by atoms with Gasteiger partial charge in [-0.05, 0) is 32.6 Å². The van der Waals surface area contributed by atoms with Crippen molar-refractivity contribution in [2.75, 3.05) is 52.1 Å². The molecule has 3 rings (SSSR count). The Morgan fingerprint density at radius 3 is 2.56 bits per heavy atom. The normalized spacial score (nSPS) is 18.9. The average molecular weight is 416 g/mol. The lowest BCUT2D eigenvalue weighted by Crippen LogP contribution is -2.50. The molecule has 1 aliphatic heterocycles. The van der Waals surface area contributed by atoms with Gasteiger partial charge in [0.1, 0.15) is 10.6 Å². The van der Waals surface area contributed by atoms with E-state index in [9.17, 15) is 13.2 Å². The number of hydrogen-bond acceptors (Lipinski definition) is 6. The molecule has 1 N–H and O–H groups in total. The van der Waals surface area contributed by atoms with Crippen LogP contribution in [0.2, 0.25) is 0 Å². The first-order valence-electron chi connectivity index (χ1n) is 9.63. The Kier molecular flexibility index (Phi) is 6.78. The molecular weight excluding hydrogens is 386 g/mol. The summed E-state index contributed by atoms with van der Waals surface area (Å²) >= 11 is 1.56. The van der Waals surface area contributed by atoms with Crippen LogP contribution in [0.4, 0.5) is 0 Å². The van der Waals surface area contributed by atoms with E-state index in [0.717, 1.165) is 31.6 Å². The Labute approximate surface area is 165 Å². The molecule has 27 heavy (non-hydrogen) atoms. The van der Waals surface area contributed by atoms with Crippen molar-refractivity contribution in [3.8, 4) is 5.75 Å². The fraction of sp³-hybridized carbons (Fsp3) is 0.722. The molecule has 0 spiro atoms. The largest absolute Gasteiger partial charge is 0.495 e. The van der Waals surface area contributed by atoms with E-state index in [2.05, 4.69) is 10.2 Å². The minimum atomic E-state index is -3.10. The third kappa shape index (κ3) is 4.64. The molecule has 2 heterocycles. The van der Waals surface area contributed by atoms with E-state index < -0.39 is 10.0 Å². The molecule has 1 aromatic rings. The van der Waals surface area contributed by atoms with Crippen molar-refractivity contribution in [1.82, 2.24) is 14.5 Å². The van der Waals surface area contributed by atoms with Crippen molar-refractivity contribution in [2.24, 2.45) is 0 Å². The SMILES string of the molecule is CCS(=O)(=O)N1CCN(CCNC(=O)c2sc3c(c2OC)CCCC3)CC1. The first kappa shape index (κ1) is 20.6. The fourth-order valence-corrected chi connectivity index (χ4v) is 6.08. The first-order valence-corrected chi connectivity index (χ1v) is 12.1. The molecule has 0 unspecified atom stereocenters. The van der Waals surface area contributed by atoms with E-state index in [1.54, 1.807) is 29.7 Å². The minimum Gasteiger partial charge on any atom is -0.495 e. The van der Waals surface area contributed by atoms with Gasteiger partial charge in [-0.3, -0.25) is 9.69 Å². The van der Waals surface area contributed by atoms with E-state index in [4.69, 9.17) is 4.74 Å². The number of nitrogens with one attached hydrogen (secondary N) is 1. The number of fused-ring (bicyclic) bond motifs is 1. The number of piperazine rings is 1. The molecule has 1 amide bonds. The average Bonchev–Trinajstić information content (AvgIpc) is 3.07. The van der Waals surface area contributed by atoms with Gasteiger partial charge >= 0.3 is 0 Å². The standard InChI is InChI=1S/C18H29N3O4S2/c1-3-27(23,24)21-12-10-20(11-13-21)9-8-19-18(22)17-16(25-2)14-6-4-5-7-15(14)26-17/h3-13H2,1-2H3,(H,19,22). The van der Waals surface area contributed by atoms with Crippen LogP contribution in [-0.4, -0.2) is 75.7 Å². The zero-order valence-electron chi connectivity index (χ0n) is 16.1. The van der Waals surface area contributed by atoms with Crippen molar-refractivity contribution >= 4 is 27.3 Å². The molecular formula is C18H29N3O4S2. The molecule has 0 aromatic carbocycles. The smallest absolute Gasteiger partial charge is 0.265 e. The van der Waals surface area contributed by atoms with Gasteiger partial charge < -0.3 is 10.1 Å². The van der Waals surface area contributed by atoms with Crippen LogP contribution in [0.15, 0.2) is 0 Å². The molecule has 1 saturated heterocycles. The maximum atomic E-state index is 12.6. The summed E-state index contributed by atoms with van der Waals surface area (Å²) in [5.41, 5.74) is 1.21. The number of rotatable bonds is 7. The Balaban J connectivity index is 1.49. The lowest BCUT2D eigenvalue weighted by atomic mass is 9.98. The van der Waals surface area contributed by atoms with Gasteiger partial charge in [0.05, 0.1) is 12.9 Å². The molecule has 0 radical (unpaired) electrons. The van der Waals surface area contributed by atoms with Crippen LogP contribution >= 0.6 is 11.3 Å². The quantitative estimate of drug-likeness (QED) is 0.727. The van der Waals surface area contributed by atoms with Gasteiger partial charge in [-0.1, -0.05) is 0 Å². The van der Waals surface area contributed by atoms with Crippen LogP contribution in [0.3, 0.4) is 0 Å². The summed E-state index contributed by atoms with van der Waals surface area (Å²) in [4.78, 5) is 16.8. The van der Waals surface area contributed by atoms with Crippen LogP contribution in [0, 0.1) is 0 Å². The van der Waals surface area contributed by atoms with Gasteiger partial charge in [0, 0.05) is 49.7 Å². The van der Waals surface area contributed by atoms with Gasteiger partial charge in [0.2, 0.25) is 10.0 Å². The van der Waals surface area contributed by atoms with E-state index in [1.165, 1.54) is 16.9 Å². The highest BCUT2D eigenvalue weighted by molar-refractivity contribution is 7.89. The van der Waals surface area contributed by atoms with Crippen molar-refractivity contribution in [2.45, 2.75) is 32.6 Å². The van der Waals surface area contributed by atoms with E-state index in [-0.39, 0.29) is 11.7 Å². The van der Waals surface area contributed by atoms with Crippen LogP contribution in [-0.2, 0) is 22.9 Å². The Bertz CT molecular complexity index is 768. The summed E-state index contributed by atoms with van der Waals surface area (Å²) in [7, 11) is -1.46. The number of hydrogen-bond donors (Lipinski definition) is 1. The van der Waals surface area contributed by atoms with E-state index in [0.29, 0.717) is 37.6 Å². The third-order valence-electron chi connectivity index (χ3n) is 5.34. The van der Waals surface area contributed by atoms with Gasteiger partial charge in [-0.25, -0.2) is 8.42 Å². The monoisotopic (exact) mass is 415 g/mol. The molecule has 152 valence electrons. The number of nitrogens with zero attached hydrogens (tertiary/aromatic N) is 2. The number of amides is 1. The minimum absolute atomic E-state index is 0.0709. The second-order valence-corrected chi connectivity index (χ2v) is 10.3. The number of carbonyl (C=O) groups is 1. The zero-order valence-corrected chi connectivity index (χ0v) is 17.8. The van der Waals surface area contributed by atoms with Gasteiger partial charge in [-0.15, -0.1) is 11.3 Å². The molecule has 2 aliphatic rings. The second kappa shape index (κ2) is 8.89. The number of carbonyl (C=O) groups excluding carboxylic acids is 1. The summed E-state index contributed by atoms with van der Waals surface area (Å²) in [5.74, 6) is 0.833. The molecule has 7 nitrogen and oxygen atoms in total. The van der Waals surface area contributed by atoms with Crippen molar-refractivity contribution in [3.63, 3.8) is 0 Å². The first-order chi connectivity index (χ1) is 13.0. The highest BCUT2D eigenvalue weighted by atomic mass is 32.2. The zero-order chi connectivity index (χ0) is 19.4. The summed E-state index contributed by atoms with van der Waals surface area (Å²) in [6, 6.07) is 0. The van der Waals surface area contributed by atoms with Gasteiger partial charge in [0.15, 0.2) is 0 Å². The van der Waals surface area contributed by atoms with Crippen LogP contribution in [0.1, 0.15) is 39.9 Å². The van der Waals surface area contributed by atoms with E-state index >= 15 is 0 Å². The Morgan fingerprint density at radius 1 is 1.19 bits per heavy atom. The molecule has 1 fully saturated rings. The van der Waals surface area contributed by atoms with Crippen molar-refractivity contribution in [1.29, 1.82) is 0 Å². The second-order valence-electron chi connectivity index (χ2n) is 6.97. The molecule has 0 bridgehead atoms. The van der Waals surface area contributed by atoms with Crippen LogP contribution in [0.25, 0.3) is 0 Å². The fourth-order valence-electron chi connectivity index (χ4n) is 3.72. The number of sulfonamides is 1. The van der Waals surface area contributed by atoms with E-state index in [1.807, 2.05) is 0 Å². The highest BCUT2D eigenvalue weighted by Crippen LogP contribution is 2.39. The number of thiophene rings is 1. The van der Waals surface area contributed by atoms with Crippen molar-refractivity contribution < 1.29 is 17.9 Å².